The number of ketones is 1. The van der Waals surface area contributed by atoms with E-state index in [0.29, 0.717) is 47.8 Å². The minimum absolute atomic E-state index is 0.0907. The van der Waals surface area contributed by atoms with E-state index in [9.17, 15) is 18.4 Å². The van der Waals surface area contributed by atoms with Crippen LogP contribution in [0.3, 0.4) is 0 Å². The summed E-state index contributed by atoms with van der Waals surface area (Å²) >= 11 is 0. The highest BCUT2D eigenvalue weighted by molar-refractivity contribution is 6.10. The van der Waals surface area contributed by atoms with E-state index in [1.807, 2.05) is 44.2 Å². The first-order chi connectivity index (χ1) is 19.6. The number of ether oxygens (including phenoxy) is 2. The van der Waals surface area contributed by atoms with Crippen LogP contribution in [0.25, 0.3) is 0 Å². The summed E-state index contributed by atoms with van der Waals surface area (Å²) in [4.78, 5) is 27.3. The average molecular weight is 559 g/mol. The molecule has 0 saturated carbocycles. The van der Waals surface area contributed by atoms with E-state index >= 15 is 0 Å². The average Bonchev–Trinajstić information content (AvgIpc) is 2.93. The van der Waals surface area contributed by atoms with Crippen molar-refractivity contribution in [1.29, 1.82) is 0 Å². The number of hydrogen-bond donors (Lipinski definition) is 2. The van der Waals surface area contributed by atoms with Gasteiger partial charge in [-0.25, -0.2) is 8.78 Å². The molecule has 0 fully saturated rings. The van der Waals surface area contributed by atoms with Gasteiger partial charge >= 0.3 is 0 Å². The number of methoxy groups -OCH3 is 1. The number of carbonyl (C=O) groups excluding carboxylic acids is 2. The van der Waals surface area contributed by atoms with Gasteiger partial charge < -0.3 is 20.1 Å². The smallest absolute Gasteiger partial charge is 0.254 e. The van der Waals surface area contributed by atoms with Gasteiger partial charge in [-0.3, -0.25) is 9.59 Å². The van der Waals surface area contributed by atoms with E-state index < -0.39 is 29.1 Å². The third kappa shape index (κ3) is 5.73. The van der Waals surface area contributed by atoms with E-state index in [1.54, 1.807) is 25.1 Å². The number of hydrogen-bond acceptors (Lipinski definition) is 5. The molecule has 1 unspecified atom stereocenters. The zero-order valence-corrected chi connectivity index (χ0v) is 23.4. The van der Waals surface area contributed by atoms with Crippen molar-refractivity contribution in [2.75, 3.05) is 12.4 Å². The zero-order valence-electron chi connectivity index (χ0n) is 23.4. The van der Waals surface area contributed by atoms with Crippen molar-refractivity contribution in [3.05, 3.63) is 112 Å². The first-order valence-electron chi connectivity index (χ1n) is 13.4. The molecule has 1 atom stereocenters. The highest BCUT2D eigenvalue weighted by Crippen LogP contribution is 2.48. The topological polar surface area (TPSA) is 76.7 Å². The molecular formula is C33H32F2N2O4. The van der Waals surface area contributed by atoms with Crippen LogP contribution in [0, 0.1) is 17.0 Å². The van der Waals surface area contributed by atoms with Crippen LogP contribution in [-0.4, -0.2) is 18.8 Å². The van der Waals surface area contributed by atoms with Crippen molar-refractivity contribution in [2.45, 2.75) is 46.1 Å². The maximum Gasteiger partial charge on any atom is 0.254 e. The Labute approximate surface area is 238 Å². The van der Waals surface area contributed by atoms with Crippen LogP contribution >= 0.6 is 0 Å². The largest absolute Gasteiger partial charge is 0.493 e. The fourth-order valence-electron chi connectivity index (χ4n) is 5.59. The van der Waals surface area contributed by atoms with Crippen LogP contribution in [0.1, 0.15) is 50.7 Å². The van der Waals surface area contributed by atoms with Crippen molar-refractivity contribution in [2.24, 2.45) is 5.41 Å². The number of dihydropyridines is 1. The molecule has 8 heteroatoms. The monoisotopic (exact) mass is 558 g/mol. The van der Waals surface area contributed by atoms with Crippen LogP contribution in [0.2, 0.25) is 0 Å². The lowest BCUT2D eigenvalue weighted by atomic mass is 9.68. The van der Waals surface area contributed by atoms with Gasteiger partial charge in [0.15, 0.2) is 17.3 Å². The molecule has 41 heavy (non-hydrogen) atoms. The van der Waals surface area contributed by atoms with E-state index in [0.717, 1.165) is 23.4 Å². The van der Waals surface area contributed by atoms with Gasteiger partial charge in [-0.1, -0.05) is 56.3 Å². The molecule has 1 amide bonds. The molecule has 5 rings (SSSR count). The Bertz CT molecular complexity index is 1560. The van der Waals surface area contributed by atoms with Gasteiger partial charge in [0.2, 0.25) is 0 Å². The molecule has 1 aliphatic carbocycles. The number of nitrogens with one attached hydrogen (secondary N) is 2. The Morgan fingerprint density at radius 1 is 1.00 bits per heavy atom. The maximum absolute atomic E-state index is 14.5. The zero-order chi connectivity index (χ0) is 29.3. The lowest BCUT2D eigenvalue weighted by Crippen LogP contribution is -2.39. The molecular weight excluding hydrogens is 526 g/mol. The van der Waals surface area contributed by atoms with E-state index in [-0.39, 0.29) is 16.8 Å². The van der Waals surface area contributed by atoms with Crippen LogP contribution in [0.5, 0.6) is 11.5 Å². The second-order valence-electron chi connectivity index (χ2n) is 11.2. The molecule has 212 valence electrons. The molecule has 0 radical (unpaired) electrons. The molecule has 0 saturated heterocycles. The third-order valence-corrected chi connectivity index (χ3v) is 7.44. The van der Waals surface area contributed by atoms with Gasteiger partial charge in [-0.15, -0.1) is 0 Å². The summed E-state index contributed by atoms with van der Waals surface area (Å²) in [5.41, 5.74) is 2.69. The lowest BCUT2D eigenvalue weighted by Gasteiger charge is -2.39. The molecule has 1 heterocycles. The summed E-state index contributed by atoms with van der Waals surface area (Å²) in [6, 6.07) is 18.4. The predicted octanol–water partition coefficient (Wildman–Crippen LogP) is 6.80. The van der Waals surface area contributed by atoms with Gasteiger partial charge in [0.05, 0.1) is 7.11 Å². The second-order valence-corrected chi connectivity index (χ2v) is 11.2. The summed E-state index contributed by atoms with van der Waals surface area (Å²) < 4.78 is 40.6. The standard InChI is InChI=1S/C33H32F2N2O4/c1-19-28(32(39)37-31-22(34)11-8-12-23(31)35)29(30-24(36-19)16-33(2,3)17-25(30)38)21-13-14-26(27(15-21)40-4)41-18-20-9-6-5-7-10-20/h5-15,29,36H,16-18H2,1-4H3,(H,37,39). The minimum atomic E-state index is -0.895. The molecule has 1 aliphatic heterocycles. The Morgan fingerprint density at radius 2 is 1.71 bits per heavy atom. The number of amides is 1. The first kappa shape index (κ1) is 28.1. The van der Waals surface area contributed by atoms with Crippen molar-refractivity contribution >= 4 is 17.4 Å². The van der Waals surface area contributed by atoms with E-state index in [1.165, 1.54) is 13.2 Å². The van der Waals surface area contributed by atoms with Crippen molar-refractivity contribution in [1.82, 2.24) is 5.32 Å². The third-order valence-electron chi connectivity index (χ3n) is 7.44. The van der Waals surface area contributed by atoms with Crippen LogP contribution in [0.15, 0.2) is 89.3 Å². The van der Waals surface area contributed by atoms with Gasteiger partial charge in [-0.05, 0) is 54.2 Å². The van der Waals surface area contributed by atoms with Gasteiger partial charge in [0.1, 0.15) is 23.9 Å². The Hall–Kier alpha value is -4.46. The Morgan fingerprint density at radius 3 is 2.39 bits per heavy atom. The maximum atomic E-state index is 14.5. The molecule has 3 aromatic carbocycles. The number of halogens is 2. The van der Waals surface area contributed by atoms with Crippen molar-refractivity contribution in [3.63, 3.8) is 0 Å². The number of anilines is 1. The summed E-state index contributed by atoms with van der Waals surface area (Å²) in [6.07, 6.45) is 0.906. The Kier molecular flexibility index (Phi) is 7.67. The fraction of sp³-hybridized carbons (Fsp3) is 0.273. The number of benzene rings is 3. The lowest BCUT2D eigenvalue weighted by molar-refractivity contribution is -0.118. The summed E-state index contributed by atoms with van der Waals surface area (Å²) in [5, 5.41) is 5.67. The van der Waals surface area contributed by atoms with E-state index in [4.69, 9.17) is 9.47 Å². The number of allylic oxidation sites excluding steroid dienone is 3. The highest BCUT2D eigenvalue weighted by Gasteiger charge is 2.43. The van der Waals surface area contributed by atoms with Crippen LogP contribution in [-0.2, 0) is 16.2 Å². The van der Waals surface area contributed by atoms with Crippen LogP contribution in [0.4, 0.5) is 14.5 Å². The Balaban J connectivity index is 1.56. The van der Waals surface area contributed by atoms with Gasteiger partial charge in [0, 0.05) is 34.9 Å². The quantitative estimate of drug-likeness (QED) is 0.334. The molecule has 2 aliphatic rings. The first-order valence-corrected chi connectivity index (χ1v) is 13.4. The van der Waals surface area contributed by atoms with Gasteiger partial charge in [-0.2, -0.15) is 0 Å². The molecule has 0 bridgehead atoms. The minimum Gasteiger partial charge on any atom is -0.493 e. The summed E-state index contributed by atoms with van der Waals surface area (Å²) in [7, 11) is 1.52. The SMILES string of the molecule is COc1cc(C2C(C(=O)Nc3c(F)cccc3F)=C(C)NC3=C2C(=O)CC(C)(C)C3)ccc1OCc1ccccc1. The molecule has 3 aromatic rings. The number of carbonyl (C=O) groups is 2. The molecule has 2 N–H and O–H groups in total. The summed E-state index contributed by atoms with van der Waals surface area (Å²) in [5.74, 6) is -2.45. The number of rotatable bonds is 7. The number of para-hydroxylation sites is 1. The molecule has 6 nitrogen and oxygen atoms in total. The van der Waals surface area contributed by atoms with Crippen molar-refractivity contribution < 1.29 is 27.8 Å². The molecule has 0 spiro atoms. The second kappa shape index (κ2) is 11.2. The predicted molar refractivity (Wildman–Crippen MR) is 152 cm³/mol. The number of Topliss-reactive ketones (excluding diaryl/α,β-unsaturated/α-hetero) is 1. The van der Waals surface area contributed by atoms with Crippen molar-refractivity contribution in [3.8, 4) is 11.5 Å². The molecule has 0 aromatic heterocycles. The van der Waals surface area contributed by atoms with E-state index in [2.05, 4.69) is 10.6 Å². The van der Waals surface area contributed by atoms with Gasteiger partial charge in [0.25, 0.3) is 5.91 Å². The fourth-order valence-corrected chi connectivity index (χ4v) is 5.59. The highest BCUT2D eigenvalue weighted by atomic mass is 19.1. The normalized spacial score (nSPS) is 18.0. The summed E-state index contributed by atoms with van der Waals surface area (Å²) in [6.45, 7) is 6.10. The van der Waals surface area contributed by atoms with Crippen LogP contribution < -0.4 is 20.1 Å².